The van der Waals surface area contributed by atoms with Gasteiger partial charge >= 0.3 is 0 Å². The van der Waals surface area contributed by atoms with E-state index in [9.17, 15) is 0 Å². The maximum Gasteiger partial charge on any atom is -0.0232 e. The van der Waals surface area contributed by atoms with Gasteiger partial charge in [-0.2, -0.15) is 0 Å². The van der Waals surface area contributed by atoms with Crippen molar-refractivity contribution in [3.63, 3.8) is 0 Å². The molecule has 0 amide bonds. The van der Waals surface area contributed by atoms with Crippen molar-refractivity contribution in [3.8, 4) is 0 Å². The summed E-state index contributed by atoms with van der Waals surface area (Å²) in [6.07, 6.45) is 13.8. The molecule has 0 aromatic rings. The van der Waals surface area contributed by atoms with Crippen molar-refractivity contribution in [1.29, 1.82) is 0 Å². The van der Waals surface area contributed by atoms with Crippen LogP contribution in [0, 0.1) is 40.4 Å². The second-order valence-corrected chi connectivity index (χ2v) is 8.90. The third kappa shape index (κ3) is 1.64. The summed E-state index contributed by atoms with van der Waals surface area (Å²) in [5, 5.41) is 0. The highest BCUT2D eigenvalue weighted by Gasteiger charge is 2.74. The highest BCUT2D eigenvalue weighted by atomic mass is 14.8. The lowest BCUT2D eigenvalue weighted by atomic mass is 9.61. The Kier molecular flexibility index (Phi) is 2.69. The van der Waals surface area contributed by atoms with Crippen LogP contribution in [0.25, 0.3) is 0 Å². The molecule has 0 heterocycles. The first-order chi connectivity index (χ1) is 9.11. The van der Waals surface area contributed by atoms with Crippen molar-refractivity contribution >= 4 is 0 Å². The number of rotatable bonds is 7. The zero-order valence-electron chi connectivity index (χ0n) is 13.3. The van der Waals surface area contributed by atoms with Gasteiger partial charge in [0.05, 0.1) is 0 Å². The van der Waals surface area contributed by atoms with Gasteiger partial charge in [0, 0.05) is 0 Å². The Hall–Kier alpha value is 0. The average molecular weight is 260 g/mol. The van der Waals surface area contributed by atoms with Gasteiger partial charge in [-0.3, -0.25) is 0 Å². The largest absolute Gasteiger partial charge is 0.0654 e. The van der Waals surface area contributed by atoms with Crippen LogP contribution in [0.4, 0.5) is 0 Å². The third-order valence-electron chi connectivity index (χ3n) is 8.23. The van der Waals surface area contributed by atoms with E-state index < -0.39 is 0 Å². The molecule has 7 unspecified atom stereocenters. The fraction of sp³-hybridized carbons (Fsp3) is 1.00. The van der Waals surface area contributed by atoms with E-state index in [2.05, 4.69) is 20.8 Å². The zero-order valence-corrected chi connectivity index (χ0v) is 13.3. The Balaban J connectivity index is 1.23. The van der Waals surface area contributed by atoms with Crippen molar-refractivity contribution in [3.05, 3.63) is 0 Å². The molecule has 0 saturated heterocycles. The Morgan fingerprint density at radius 2 is 1.95 bits per heavy atom. The molecule has 4 aliphatic carbocycles. The first-order valence-electron chi connectivity index (χ1n) is 9.11. The standard InChI is InChI=1S/C19H32/c1-4-5-6-9-19-11-14(18(19,3)12-19)7-8-15-13(2)16-10-17(15)16/h13-17H,4-12H2,1-3H3. The van der Waals surface area contributed by atoms with Crippen LogP contribution in [0.2, 0.25) is 0 Å². The van der Waals surface area contributed by atoms with Crippen LogP contribution in [0.15, 0.2) is 0 Å². The van der Waals surface area contributed by atoms with E-state index in [1.807, 2.05) is 0 Å². The summed E-state index contributed by atoms with van der Waals surface area (Å²) in [5.74, 6) is 5.71. The molecule has 0 heteroatoms. The fourth-order valence-electron chi connectivity index (χ4n) is 6.48. The van der Waals surface area contributed by atoms with Crippen molar-refractivity contribution in [1.82, 2.24) is 0 Å². The summed E-state index contributed by atoms with van der Waals surface area (Å²) in [6.45, 7) is 7.48. The van der Waals surface area contributed by atoms with Crippen LogP contribution in [0.3, 0.4) is 0 Å². The van der Waals surface area contributed by atoms with E-state index in [1.165, 1.54) is 31.1 Å². The van der Waals surface area contributed by atoms with Crippen LogP contribution in [0.1, 0.15) is 78.6 Å². The second-order valence-electron chi connectivity index (χ2n) is 8.90. The lowest BCUT2D eigenvalue weighted by Gasteiger charge is -2.44. The zero-order chi connectivity index (χ0) is 13.3. The fourth-order valence-corrected chi connectivity index (χ4v) is 6.48. The summed E-state index contributed by atoms with van der Waals surface area (Å²) in [6, 6.07) is 0. The van der Waals surface area contributed by atoms with Crippen LogP contribution in [-0.2, 0) is 0 Å². The Labute approximate surface area is 119 Å². The van der Waals surface area contributed by atoms with Crippen molar-refractivity contribution in [2.45, 2.75) is 78.6 Å². The number of fused-ring (bicyclic) bond motifs is 2. The SMILES string of the molecule is CCCCCC12CC(CCC3C(C)C4CC34)C1(C)C2. The Morgan fingerprint density at radius 1 is 1.11 bits per heavy atom. The Morgan fingerprint density at radius 3 is 2.58 bits per heavy atom. The van der Waals surface area contributed by atoms with E-state index in [0.29, 0.717) is 0 Å². The smallest absolute Gasteiger partial charge is 0.0232 e. The molecule has 0 spiro atoms. The molecule has 4 rings (SSSR count). The molecule has 4 aliphatic rings. The first kappa shape index (κ1) is 12.7. The van der Waals surface area contributed by atoms with E-state index in [0.717, 1.165) is 28.6 Å². The van der Waals surface area contributed by atoms with Gasteiger partial charge in [0.15, 0.2) is 0 Å². The van der Waals surface area contributed by atoms with E-state index in [4.69, 9.17) is 0 Å². The topological polar surface area (TPSA) is 0 Å². The number of hydrogen-bond donors (Lipinski definition) is 0. The molecule has 4 saturated carbocycles. The van der Waals surface area contributed by atoms with Gasteiger partial charge < -0.3 is 0 Å². The van der Waals surface area contributed by atoms with E-state index >= 15 is 0 Å². The molecule has 0 aliphatic heterocycles. The lowest BCUT2D eigenvalue weighted by molar-refractivity contribution is 0.0511. The van der Waals surface area contributed by atoms with Gasteiger partial charge in [-0.15, -0.1) is 0 Å². The van der Waals surface area contributed by atoms with Gasteiger partial charge in [-0.1, -0.05) is 40.0 Å². The summed E-state index contributed by atoms with van der Waals surface area (Å²) in [4.78, 5) is 0. The maximum atomic E-state index is 2.62. The molecule has 0 aromatic carbocycles. The molecule has 108 valence electrons. The highest BCUT2D eigenvalue weighted by molar-refractivity contribution is 5.23. The summed E-state index contributed by atoms with van der Waals surface area (Å²) in [5.41, 5.74) is 1.65. The first-order valence-corrected chi connectivity index (χ1v) is 9.11. The number of unbranched alkanes of at least 4 members (excludes halogenated alkanes) is 2. The highest BCUT2D eigenvalue weighted by Crippen LogP contribution is 2.83. The number of hydrogen-bond acceptors (Lipinski definition) is 0. The molecule has 0 radical (unpaired) electrons. The van der Waals surface area contributed by atoms with Crippen molar-refractivity contribution in [2.24, 2.45) is 40.4 Å². The predicted octanol–water partition coefficient (Wildman–Crippen LogP) is 5.67. The van der Waals surface area contributed by atoms with Crippen LogP contribution >= 0.6 is 0 Å². The monoisotopic (exact) mass is 260 g/mol. The van der Waals surface area contributed by atoms with Crippen LogP contribution < -0.4 is 0 Å². The summed E-state index contributed by atoms with van der Waals surface area (Å²) in [7, 11) is 0. The van der Waals surface area contributed by atoms with Gasteiger partial charge in [0.25, 0.3) is 0 Å². The Bertz CT molecular complexity index is 372. The maximum absolute atomic E-state index is 2.62. The minimum absolute atomic E-state index is 0.802. The third-order valence-corrected chi connectivity index (χ3v) is 8.23. The van der Waals surface area contributed by atoms with Crippen molar-refractivity contribution in [2.75, 3.05) is 0 Å². The predicted molar refractivity (Wildman–Crippen MR) is 80.9 cm³/mol. The summed E-state index contributed by atoms with van der Waals surface area (Å²) < 4.78 is 0. The van der Waals surface area contributed by atoms with Crippen molar-refractivity contribution < 1.29 is 0 Å². The normalized spacial score (nSPS) is 56.7. The molecule has 0 bridgehead atoms. The van der Waals surface area contributed by atoms with Gasteiger partial charge in [0.2, 0.25) is 0 Å². The second kappa shape index (κ2) is 4.01. The minimum Gasteiger partial charge on any atom is -0.0654 e. The average Bonchev–Trinajstić information content (AvgIpc) is 3.22. The van der Waals surface area contributed by atoms with Gasteiger partial charge in [0.1, 0.15) is 0 Å². The molecule has 0 N–H and O–H groups in total. The summed E-state index contributed by atoms with van der Waals surface area (Å²) >= 11 is 0. The molecule has 0 nitrogen and oxygen atoms in total. The van der Waals surface area contributed by atoms with Crippen LogP contribution in [-0.4, -0.2) is 0 Å². The van der Waals surface area contributed by atoms with Gasteiger partial charge in [-0.25, -0.2) is 0 Å². The molecule has 0 aromatic heterocycles. The van der Waals surface area contributed by atoms with Gasteiger partial charge in [-0.05, 0) is 78.9 Å². The molecular weight excluding hydrogens is 228 g/mol. The molecule has 4 fully saturated rings. The van der Waals surface area contributed by atoms with E-state index in [1.54, 1.807) is 38.5 Å². The molecule has 7 atom stereocenters. The minimum atomic E-state index is 0.802. The molecular formula is C19H32. The van der Waals surface area contributed by atoms with Crippen LogP contribution in [0.5, 0.6) is 0 Å². The molecule has 19 heavy (non-hydrogen) atoms. The van der Waals surface area contributed by atoms with E-state index in [-0.39, 0.29) is 0 Å². The lowest BCUT2D eigenvalue weighted by Crippen LogP contribution is -2.36. The quantitative estimate of drug-likeness (QED) is 0.518.